The highest BCUT2D eigenvalue weighted by Crippen LogP contribution is 2.22. The van der Waals surface area contributed by atoms with E-state index in [1.165, 1.54) is 10.8 Å². The summed E-state index contributed by atoms with van der Waals surface area (Å²) in [7, 11) is 0. The highest BCUT2D eigenvalue weighted by Gasteiger charge is 2.20. The van der Waals surface area contributed by atoms with Gasteiger partial charge in [0.1, 0.15) is 11.2 Å². The predicted octanol–water partition coefficient (Wildman–Crippen LogP) is 4.45. The summed E-state index contributed by atoms with van der Waals surface area (Å²) in [6.07, 6.45) is 0.0950. The van der Waals surface area contributed by atoms with Gasteiger partial charge in [-0.25, -0.2) is 9.59 Å². The Hall–Kier alpha value is -2.50. The Morgan fingerprint density at radius 2 is 1.72 bits per heavy atom. The summed E-state index contributed by atoms with van der Waals surface area (Å²) < 4.78 is 28.4. The number of rotatable bonds is 2. The van der Waals surface area contributed by atoms with Crippen LogP contribution >= 0.6 is 0 Å². The number of fused-ring (bicyclic) bond motifs is 1. The fourth-order valence-corrected chi connectivity index (χ4v) is 2.17. The van der Waals surface area contributed by atoms with Crippen LogP contribution in [-0.4, -0.2) is 28.0 Å². The summed E-state index contributed by atoms with van der Waals surface area (Å²) >= 11 is 0. The smallest absolute Gasteiger partial charge is 0.418 e. The molecule has 0 fully saturated rings. The lowest BCUT2D eigenvalue weighted by Gasteiger charge is -2.20. The van der Waals surface area contributed by atoms with Crippen LogP contribution in [0.4, 0.5) is 9.59 Å². The van der Waals surface area contributed by atoms with E-state index in [0.717, 1.165) is 0 Å². The number of aromatic nitrogens is 1. The molecule has 1 N–H and O–H groups in total. The number of amides is 1. The molecule has 0 aliphatic carbocycles. The largest absolute Gasteiger partial charge is 0.444 e. The lowest BCUT2D eigenvalue weighted by atomic mass is 10.1. The van der Waals surface area contributed by atoms with E-state index in [9.17, 15) is 9.59 Å². The highest BCUT2D eigenvalue weighted by molar-refractivity contribution is 5.91. The van der Waals surface area contributed by atoms with Crippen molar-refractivity contribution in [1.82, 2.24) is 9.88 Å². The Bertz CT molecular complexity index is 861. The van der Waals surface area contributed by atoms with Crippen LogP contribution in [0, 0.1) is 0 Å². The van der Waals surface area contributed by atoms with Crippen LogP contribution in [0.2, 0.25) is 0 Å². The van der Waals surface area contributed by atoms with Crippen molar-refractivity contribution in [3.8, 4) is 0 Å². The Labute approximate surface area is 150 Å². The number of ether oxygens (including phenoxy) is 2. The van der Waals surface area contributed by atoms with E-state index in [2.05, 4.69) is 5.32 Å². The van der Waals surface area contributed by atoms with Crippen molar-refractivity contribution in [2.75, 3.05) is 0 Å². The van der Waals surface area contributed by atoms with Gasteiger partial charge in [0, 0.05) is 18.1 Å². The first kappa shape index (κ1) is 16.0. The number of carbonyl (C=O) groups excluding carboxylic acids is 2. The van der Waals surface area contributed by atoms with E-state index < -0.39 is 29.9 Å². The molecule has 6 nitrogen and oxygen atoms in total. The van der Waals surface area contributed by atoms with Gasteiger partial charge in [0.15, 0.2) is 0 Å². The molecular weight excluding hydrogens is 320 g/mol. The monoisotopic (exact) mass is 348 g/mol. The zero-order valence-electron chi connectivity index (χ0n) is 17.5. The quantitative estimate of drug-likeness (QED) is 0.870. The van der Waals surface area contributed by atoms with Crippen LogP contribution in [0.1, 0.15) is 49.8 Å². The number of benzene rings is 1. The minimum Gasteiger partial charge on any atom is -0.444 e. The van der Waals surface area contributed by atoms with E-state index in [4.69, 9.17) is 12.2 Å². The molecule has 0 aliphatic rings. The van der Waals surface area contributed by atoms with Crippen molar-refractivity contribution in [3.05, 3.63) is 36.0 Å². The van der Waals surface area contributed by atoms with E-state index in [-0.39, 0.29) is 5.56 Å². The van der Waals surface area contributed by atoms with Crippen LogP contribution in [0.25, 0.3) is 10.9 Å². The minimum absolute atomic E-state index is 0.216. The van der Waals surface area contributed by atoms with Gasteiger partial charge in [-0.3, -0.25) is 4.57 Å². The van der Waals surface area contributed by atoms with E-state index in [1.807, 2.05) is 0 Å². The molecule has 2 rings (SSSR count). The van der Waals surface area contributed by atoms with Crippen molar-refractivity contribution in [2.24, 2.45) is 0 Å². The summed E-state index contributed by atoms with van der Waals surface area (Å²) in [4.78, 5) is 24.4. The maximum absolute atomic E-state index is 12.4. The fourth-order valence-electron chi connectivity index (χ4n) is 2.17. The van der Waals surface area contributed by atoms with Crippen molar-refractivity contribution in [1.29, 1.82) is 0 Å². The predicted molar refractivity (Wildman–Crippen MR) is 96.6 cm³/mol. The number of alkyl carbamates (subject to hydrolysis) is 1. The highest BCUT2D eigenvalue weighted by atomic mass is 16.6. The van der Waals surface area contributed by atoms with Crippen LogP contribution in [0.3, 0.4) is 0 Å². The molecule has 0 saturated heterocycles. The Morgan fingerprint density at radius 1 is 1.08 bits per heavy atom. The van der Waals surface area contributed by atoms with Crippen molar-refractivity contribution in [3.63, 3.8) is 0 Å². The number of nitrogens with zero attached hydrogens (tertiary/aromatic N) is 1. The molecule has 0 radical (unpaired) electrons. The van der Waals surface area contributed by atoms with Crippen LogP contribution in [-0.2, 0) is 16.0 Å². The van der Waals surface area contributed by atoms with Gasteiger partial charge < -0.3 is 14.8 Å². The average Bonchev–Trinajstić information content (AvgIpc) is 2.86. The zero-order valence-corrected chi connectivity index (χ0v) is 15.5. The first-order chi connectivity index (χ1) is 12.2. The molecule has 2 aromatic rings. The number of carbonyl (C=O) groups is 2. The Balaban J connectivity index is 2.37. The van der Waals surface area contributed by atoms with Crippen molar-refractivity contribution in [2.45, 2.75) is 59.2 Å². The summed E-state index contributed by atoms with van der Waals surface area (Å²) in [5, 5.41) is 2.73. The average molecular weight is 348 g/mol. The topological polar surface area (TPSA) is 69.6 Å². The molecule has 0 spiro atoms. The summed E-state index contributed by atoms with van der Waals surface area (Å²) in [6, 6.07) is 6.47. The van der Waals surface area contributed by atoms with Crippen molar-refractivity contribution < 1.29 is 21.8 Å². The minimum atomic E-state index is -2.19. The van der Waals surface area contributed by atoms with Crippen molar-refractivity contribution >= 4 is 23.1 Å². The second-order valence-corrected chi connectivity index (χ2v) is 7.66. The molecule has 1 aromatic heterocycles. The molecule has 6 heteroatoms. The lowest BCUT2D eigenvalue weighted by Crippen LogP contribution is -2.32. The van der Waals surface area contributed by atoms with E-state index in [1.54, 1.807) is 65.8 Å². The Kier molecular flexibility index (Phi) is 4.34. The van der Waals surface area contributed by atoms with Gasteiger partial charge in [0.25, 0.3) is 0 Å². The standard InChI is InChI=1S/C19H26N2O4/c1-18(2,3)24-16(22)20-12-13-8-7-9-15-14(13)10-11-21(15)17(23)25-19(4,5)6/h7-11H,12H2,1-6H3,(H,20,22)/i12D2. The SMILES string of the molecule is [2H]C([2H])(NC(=O)OC(C)(C)C)c1cccc2c1ccn2C(=O)OC(C)(C)C. The third-order valence-electron chi connectivity index (χ3n) is 3.02. The third-order valence-corrected chi connectivity index (χ3v) is 3.02. The summed E-state index contributed by atoms with van der Waals surface area (Å²) in [5.74, 6) is 0. The Morgan fingerprint density at radius 3 is 2.32 bits per heavy atom. The molecule has 0 aliphatic heterocycles. The molecular formula is C19H26N2O4. The summed E-state index contributed by atoms with van der Waals surface area (Å²) in [5.41, 5.74) is -0.700. The first-order valence-electron chi connectivity index (χ1n) is 9.05. The normalized spacial score (nSPS) is 13.8. The van der Waals surface area contributed by atoms with Gasteiger partial charge in [-0.15, -0.1) is 0 Å². The molecule has 1 amide bonds. The molecule has 0 unspecified atom stereocenters. The van der Waals surface area contributed by atoms with Crippen LogP contribution in [0.5, 0.6) is 0 Å². The van der Waals surface area contributed by atoms with E-state index in [0.29, 0.717) is 10.9 Å². The maximum Gasteiger partial charge on any atom is 0.418 e. The van der Waals surface area contributed by atoms with Gasteiger partial charge in [-0.05, 0) is 59.2 Å². The zero-order chi connectivity index (χ0) is 20.6. The maximum atomic E-state index is 12.4. The summed E-state index contributed by atoms with van der Waals surface area (Å²) in [6.45, 7) is 8.21. The third kappa shape index (κ3) is 5.24. The first-order valence-corrected chi connectivity index (χ1v) is 8.05. The lowest BCUT2D eigenvalue weighted by molar-refractivity contribution is 0.0518. The second kappa shape index (κ2) is 6.78. The number of nitrogens with one attached hydrogen (secondary N) is 1. The number of hydrogen-bond acceptors (Lipinski definition) is 4. The molecule has 0 saturated carbocycles. The van der Waals surface area contributed by atoms with Gasteiger partial charge in [-0.1, -0.05) is 12.1 Å². The van der Waals surface area contributed by atoms with Gasteiger partial charge in [0.2, 0.25) is 0 Å². The molecule has 0 atom stereocenters. The van der Waals surface area contributed by atoms with Crippen LogP contribution in [0.15, 0.2) is 30.5 Å². The number of hydrogen-bond donors (Lipinski definition) is 1. The van der Waals surface area contributed by atoms with Gasteiger partial charge in [0.05, 0.1) is 8.26 Å². The fraction of sp³-hybridized carbons (Fsp3) is 0.474. The molecule has 136 valence electrons. The van der Waals surface area contributed by atoms with Gasteiger partial charge in [-0.2, -0.15) is 0 Å². The van der Waals surface area contributed by atoms with E-state index >= 15 is 0 Å². The van der Waals surface area contributed by atoms with Gasteiger partial charge >= 0.3 is 12.2 Å². The molecule has 0 bridgehead atoms. The second-order valence-electron chi connectivity index (χ2n) is 7.66. The van der Waals surface area contributed by atoms with Crippen LogP contribution < -0.4 is 5.32 Å². The molecule has 1 aromatic carbocycles. The molecule has 25 heavy (non-hydrogen) atoms. The molecule has 1 heterocycles.